The lowest BCUT2D eigenvalue weighted by Crippen LogP contribution is -1.90. The molecular weight excluding hydrogens is 213 g/mol. The molecule has 2 N–H and O–H groups in total. The predicted molar refractivity (Wildman–Crippen MR) is 36.4 cm³/mol. The summed E-state index contributed by atoms with van der Waals surface area (Å²) in [4.78, 5) is 25.8. The van der Waals surface area contributed by atoms with Crippen molar-refractivity contribution in [3.63, 3.8) is 0 Å². The zero-order valence-electron chi connectivity index (χ0n) is 6.87. The van der Waals surface area contributed by atoms with E-state index in [1.165, 1.54) is 6.92 Å². The molecular formula is C5H7F3O6. The Morgan fingerprint density at radius 2 is 1.29 bits per heavy atom. The molecule has 0 aromatic carbocycles. The van der Waals surface area contributed by atoms with Gasteiger partial charge in [-0.3, -0.25) is 0 Å². The van der Waals surface area contributed by atoms with E-state index in [1.54, 1.807) is 0 Å². The van der Waals surface area contributed by atoms with Gasteiger partial charge in [0.2, 0.25) is 0 Å². The minimum atomic E-state index is -2.33. The number of carboxylic acid groups (broad SMARTS) is 2. The summed E-state index contributed by atoms with van der Waals surface area (Å²) in [6.45, 7) is 1.65. The van der Waals surface area contributed by atoms with Crippen molar-refractivity contribution >= 4 is 18.7 Å². The van der Waals surface area contributed by atoms with Gasteiger partial charge in [0.1, 0.15) is 0 Å². The van der Waals surface area contributed by atoms with E-state index in [2.05, 4.69) is 4.74 Å². The average Bonchev–Trinajstić information content (AvgIpc) is 1.82. The van der Waals surface area contributed by atoms with Crippen LogP contribution in [0.4, 0.5) is 27.6 Å². The highest BCUT2D eigenvalue weighted by molar-refractivity contribution is 5.57. The summed E-state index contributed by atoms with van der Waals surface area (Å²) in [5.41, 5.74) is 0. The van der Waals surface area contributed by atoms with Crippen LogP contribution >= 0.6 is 0 Å². The lowest BCUT2D eigenvalue weighted by Gasteiger charge is -1.85. The van der Waals surface area contributed by atoms with Gasteiger partial charge >= 0.3 is 18.7 Å². The summed E-state index contributed by atoms with van der Waals surface area (Å²) >= 11 is 0. The molecule has 0 saturated heterocycles. The van der Waals surface area contributed by atoms with Crippen LogP contribution in [-0.2, 0) is 4.74 Å². The molecule has 0 spiro atoms. The van der Waals surface area contributed by atoms with E-state index in [1.807, 2.05) is 0 Å². The van der Waals surface area contributed by atoms with Crippen molar-refractivity contribution in [1.82, 2.24) is 0 Å². The number of rotatable bonds is 1. The maximum absolute atomic E-state index is 10.8. The summed E-state index contributed by atoms with van der Waals surface area (Å²) < 4.78 is 34.4. The van der Waals surface area contributed by atoms with Gasteiger partial charge in [-0.1, -0.05) is 0 Å². The lowest BCUT2D eigenvalue weighted by molar-refractivity contribution is 0.126. The van der Waals surface area contributed by atoms with Crippen molar-refractivity contribution in [2.75, 3.05) is 6.61 Å². The Morgan fingerprint density at radius 1 is 1.07 bits per heavy atom. The number of hydrogen-bond acceptors (Lipinski definition) is 4. The van der Waals surface area contributed by atoms with Crippen LogP contribution in [0.5, 0.6) is 0 Å². The smallest absolute Gasteiger partial charge is 0.456 e. The molecule has 0 unspecified atom stereocenters. The third kappa shape index (κ3) is 600. The van der Waals surface area contributed by atoms with Crippen LogP contribution in [0.15, 0.2) is 0 Å². The fourth-order valence-corrected chi connectivity index (χ4v) is 0.113. The number of carbonyl (C=O) groups excluding carboxylic acids is 1. The normalized spacial score (nSPS) is 6.86. The Bertz CT molecular complexity index is 162. The molecule has 0 rings (SSSR count). The van der Waals surface area contributed by atoms with Gasteiger partial charge < -0.3 is 14.9 Å². The number of ether oxygens (including phenoxy) is 1. The molecule has 0 aromatic heterocycles. The third-order valence-corrected chi connectivity index (χ3v) is 0.258. The van der Waals surface area contributed by atoms with Crippen LogP contribution in [0.1, 0.15) is 6.92 Å². The summed E-state index contributed by atoms with van der Waals surface area (Å²) in [7, 11) is 0. The highest BCUT2D eigenvalue weighted by Gasteiger charge is 1.89. The third-order valence-electron chi connectivity index (χ3n) is 0.258. The minimum Gasteiger partial charge on any atom is -0.456 e. The SMILES string of the molecule is CCOC(=O)F.O=C(O)F.O=C(O)F. The maximum atomic E-state index is 10.8. The van der Waals surface area contributed by atoms with E-state index in [0.29, 0.717) is 0 Å². The van der Waals surface area contributed by atoms with Crippen molar-refractivity contribution in [3.05, 3.63) is 0 Å². The second kappa shape index (κ2) is 13.8. The zero-order chi connectivity index (χ0) is 12.1. The molecule has 0 heterocycles. The standard InChI is InChI=1S/C3H5FO2.2CHFO2/c1-2-6-3(4)5;2*2-1(3)4/h2H2,1H3;2*(H,3,4). The zero-order valence-corrected chi connectivity index (χ0v) is 6.87. The van der Waals surface area contributed by atoms with Gasteiger partial charge in [0.15, 0.2) is 0 Å². The predicted octanol–water partition coefficient (Wildman–Crippen LogP) is 2.38. The van der Waals surface area contributed by atoms with Gasteiger partial charge in [0, 0.05) is 0 Å². The maximum Gasteiger partial charge on any atom is 0.495 e. The second-order valence-electron chi connectivity index (χ2n) is 1.18. The summed E-state index contributed by atoms with van der Waals surface area (Å²) in [6.07, 6.45) is -6.38. The van der Waals surface area contributed by atoms with E-state index < -0.39 is 18.7 Å². The van der Waals surface area contributed by atoms with Crippen molar-refractivity contribution in [1.29, 1.82) is 0 Å². The van der Waals surface area contributed by atoms with E-state index >= 15 is 0 Å². The van der Waals surface area contributed by atoms with Crippen molar-refractivity contribution in [2.24, 2.45) is 0 Å². The van der Waals surface area contributed by atoms with Gasteiger partial charge in [-0.2, -0.15) is 0 Å². The van der Waals surface area contributed by atoms with E-state index in [0.717, 1.165) is 0 Å². The molecule has 0 bridgehead atoms. The van der Waals surface area contributed by atoms with Crippen LogP contribution in [-0.4, -0.2) is 35.5 Å². The van der Waals surface area contributed by atoms with Crippen molar-refractivity contribution in [3.8, 4) is 0 Å². The number of hydrogen-bond donors (Lipinski definition) is 2. The fourth-order valence-electron chi connectivity index (χ4n) is 0.113. The average molecular weight is 220 g/mol. The molecule has 0 atom stereocenters. The van der Waals surface area contributed by atoms with Crippen molar-refractivity contribution in [2.45, 2.75) is 6.92 Å². The molecule has 0 radical (unpaired) electrons. The van der Waals surface area contributed by atoms with E-state index in [4.69, 9.17) is 24.6 Å². The van der Waals surface area contributed by atoms with Gasteiger partial charge in [0.05, 0.1) is 6.61 Å². The quantitative estimate of drug-likeness (QED) is 0.657. The molecule has 84 valence electrons. The molecule has 0 aliphatic carbocycles. The molecule has 0 aliphatic rings. The Morgan fingerprint density at radius 3 is 1.29 bits per heavy atom. The molecule has 9 heteroatoms. The molecule has 0 aliphatic heterocycles. The van der Waals surface area contributed by atoms with Crippen LogP contribution in [0.2, 0.25) is 0 Å². The number of halogens is 3. The van der Waals surface area contributed by atoms with Gasteiger partial charge in [-0.05, 0) is 6.92 Å². The summed E-state index contributed by atoms with van der Waals surface area (Å²) in [6, 6.07) is 0. The minimum absolute atomic E-state index is 0.106. The molecule has 14 heavy (non-hydrogen) atoms. The van der Waals surface area contributed by atoms with Gasteiger partial charge in [-0.15, -0.1) is 13.2 Å². The van der Waals surface area contributed by atoms with Gasteiger partial charge in [0.25, 0.3) is 0 Å². The Hall–Kier alpha value is -1.80. The number of carbonyl (C=O) groups is 3. The first-order valence-corrected chi connectivity index (χ1v) is 2.83. The Labute approximate surface area is 75.9 Å². The first-order valence-electron chi connectivity index (χ1n) is 2.83. The largest absolute Gasteiger partial charge is 0.495 e. The highest BCUT2D eigenvalue weighted by atomic mass is 19.2. The fraction of sp³-hybridized carbons (Fsp3) is 0.400. The Kier molecular flexibility index (Phi) is 17.8. The van der Waals surface area contributed by atoms with Crippen LogP contribution < -0.4 is 0 Å². The molecule has 6 nitrogen and oxygen atoms in total. The topological polar surface area (TPSA) is 101 Å². The summed E-state index contributed by atoms with van der Waals surface area (Å²) in [5.74, 6) is 0. The van der Waals surface area contributed by atoms with Crippen LogP contribution in [0.25, 0.3) is 0 Å². The van der Waals surface area contributed by atoms with E-state index in [9.17, 15) is 13.2 Å². The van der Waals surface area contributed by atoms with Crippen LogP contribution in [0, 0.1) is 0 Å². The summed E-state index contributed by atoms with van der Waals surface area (Å²) in [5, 5.41) is 13.5. The highest BCUT2D eigenvalue weighted by Crippen LogP contribution is 1.77. The Balaban J connectivity index is -0.000000135. The first-order chi connectivity index (χ1) is 6.23. The van der Waals surface area contributed by atoms with Crippen LogP contribution in [0.3, 0.4) is 0 Å². The first kappa shape index (κ1) is 18.1. The second-order valence-corrected chi connectivity index (χ2v) is 1.18. The van der Waals surface area contributed by atoms with Crippen molar-refractivity contribution < 1.29 is 42.5 Å². The molecule has 0 fully saturated rings. The monoisotopic (exact) mass is 220 g/mol. The molecule has 0 saturated carbocycles. The molecule has 0 aromatic rings. The molecule has 0 amide bonds. The van der Waals surface area contributed by atoms with E-state index in [-0.39, 0.29) is 6.61 Å². The lowest BCUT2D eigenvalue weighted by atomic mass is 10.9. The van der Waals surface area contributed by atoms with Gasteiger partial charge in [-0.25, -0.2) is 14.4 Å².